The molecule has 1 aromatic heterocycles. The van der Waals surface area contributed by atoms with Crippen molar-refractivity contribution >= 4 is 28.5 Å². The molecule has 8 nitrogen and oxygen atoms in total. The summed E-state index contributed by atoms with van der Waals surface area (Å²) in [6.07, 6.45) is 1.22. The summed E-state index contributed by atoms with van der Waals surface area (Å²) in [7, 11) is 0. The maximum absolute atomic E-state index is 13.1. The zero-order valence-electron chi connectivity index (χ0n) is 22.1. The van der Waals surface area contributed by atoms with E-state index in [0.29, 0.717) is 35.3 Å². The van der Waals surface area contributed by atoms with Crippen LogP contribution < -0.4 is 4.90 Å². The fourth-order valence-corrected chi connectivity index (χ4v) is 5.64. The smallest absolute Gasteiger partial charge is 0.266 e. The maximum atomic E-state index is 13.1. The molecule has 0 radical (unpaired) electrons. The minimum absolute atomic E-state index is 0.0293. The minimum Gasteiger partial charge on any atom is -0.392 e. The number of carbonyl (C=O) groups excluding carboxylic acids is 2. The molecule has 7 rings (SSSR count). The molecule has 5 aromatic rings. The molecule has 204 valence electrons. The van der Waals surface area contributed by atoms with E-state index in [9.17, 15) is 14.7 Å². The van der Waals surface area contributed by atoms with Crippen LogP contribution in [-0.4, -0.2) is 32.6 Å². The minimum atomic E-state index is -0.735. The number of aliphatic hydroxyl groups excluding tert-OH is 1. The normalized spacial score (nSPS) is 20.5. The molecule has 3 atom stereocenters. The summed E-state index contributed by atoms with van der Waals surface area (Å²) >= 11 is 0. The molecule has 0 bridgehead atoms. The summed E-state index contributed by atoms with van der Waals surface area (Å²) in [5.74, 6) is -0.695. The second kappa shape index (κ2) is 10.4. The Labute approximate surface area is 236 Å². The molecule has 4 aromatic carbocycles. The number of ether oxygens (including phenoxy) is 2. The first-order chi connectivity index (χ1) is 20.1. The van der Waals surface area contributed by atoms with Crippen LogP contribution in [0, 0.1) is 0 Å². The molecule has 0 unspecified atom stereocenters. The van der Waals surface area contributed by atoms with E-state index in [0.717, 1.165) is 22.2 Å². The molecule has 2 aliphatic heterocycles. The number of hydrogen-bond acceptors (Lipinski definition) is 6. The highest BCUT2D eigenvalue weighted by atomic mass is 16.7. The summed E-state index contributed by atoms with van der Waals surface area (Å²) in [5.41, 5.74) is 5.71. The third-order valence-electron chi connectivity index (χ3n) is 7.74. The molecule has 8 heteroatoms. The van der Waals surface area contributed by atoms with E-state index in [1.54, 1.807) is 42.5 Å². The lowest BCUT2D eigenvalue weighted by Gasteiger charge is -2.36. The lowest BCUT2D eigenvalue weighted by atomic mass is 10.00. The summed E-state index contributed by atoms with van der Waals surface area (Å²) in [4.78, 5) is 32.0. The van der Waals surface area contributed by atoms with E-state index in [2.05, 4.69) is 9.55 Å². The van der Waals surface area contributed by atoms with Crippen molar-refractivity contribution in [3.05, 3.63) is 131 Å². The van der Waals surface area contributed by atoms with E-state index in [1.807, 2.05) is 60.9 Å². The summed E-state index contributed by atoms with van der Waals surface area (Å²) in [6.45, 7) is 0.544. The van der Waals surface area contributed by atoms with Crippen LogP contribution in [-0.2, 0) is 22.6 Å². The standard InChI is InChI=1S/C33H27N3O5/c37-19-21-12-14-22(15-13-21)30-17-25(18-35-20-34-28-10-3-4-11-29(28)35)40-33(41-30)23-6-5-7-24(16-23)36-31(38)26-8-1-2-9-27(26)32(36)39/h1-16,20,25,30,33,37H,17-19H2/t25-,30+,33+/m1/s1. The monoisotopic (exact) mass is 545 g/mol. The number of imide groups is 1. The van der Waals surface area contributed by atoms with Crippen molar-refractivity contribution in [3.8, 4) is 0 Å². The Balaban J connectivity index is 1.21. The van der Waals surface area contributed by atoms with Gasteiger partial charge in [0.05, 0.1) is 59.5 Å². The van der Waals surface area contributed by atoms with Crippen LogP contribution in [0.1, 0.15) is 56.2 Å². The molecule has 0 spiro atoms. The third-order valence-corrected chi connectivity index (χ3v) is 7.74. The summed E-state index contributed by atoms with van der Waals surface area (Å²) in [5, 5.41) is 9.50. The van der Waals surface area contributed by atoms with Crippen LogP contribution >= 0.6 is 0 Å². The van der Waals surface area contributed by atoms with Gasteiger partial charge in [0.25, 0.3) is 11.8 Å². The van der Waals surface area contributed by atoms with Crippen LogP contribution in [0.3, 0.4) is 0 Å². The quantitative estimate of drug-likeness (QED) is 0.280. The van der Waals surface area contributed by atoms with Crippen molar-refractivity contribution in [1.82, 2.24) is 9.55 Å². The lowest BCUT2D eigenvalue weighted by Crippen LogP contribution is -2.33. The highest BCUT2D eigenvalue weighted by molar-refractivity contribution is 6.34. The number of benzene rings is 4. The second-order valence-electron chi connectivity index (χ2n) is 10.3. The van der Waals surface area contributed by atoms with Crippen molar-refractivity contribution < 1.29 is 24.2 Å². The van der Waals surface area contributed by atoms with Crippen molar-refractivity contribution in [1.29, 1.82) is 0 Å². The fraction of sp³-hybridized carbons (Fsp3) is 0.182. The number of aromatic nitrogens is 2. The predicted octanol–water partition coefficient (Wildman–Crippen LogP) is 5.57. The number of rotatable bonds is 6. The van der Waals surface area contributed by atoms with Gasteiger partial charge < -0.3 is 19.1 Å². The van der Waals surface area contributed by atoms with Crippen molar-refractivity contribution in [2.75, 3.05) is 4.90 Å². The Kier molecular flexibility index (Phi) is 6.43. The Morgan fingerprint density at radius 2 is 1.54 bits per heavy atom. The predicted molar refractivity (Wildman–Crippen MR) is 152 cm³/mol. The first kappa shape index (κ1) is 25.3. The van der Waals surface area contributed by atoms with Gasteiger partial charge >= 0.3 is 0 Å². The maximum Gasteiger partial charge on any atom is 0.266 e. The zero-order valence-corrected chi connectivity index (χ0v) is 22.1. The van der Waals surface area contributed by atoms with Crippen molar-refractivity contribution in [2.24, 2.45) is 0 Å². The number of hydrogen-bond donors (Lipinski definition) is 1. The molecule has 1 fully saturated rings. The number of anilines is 1. The van der Waals surface area contributed by atoms with Gasteiger partial charge in [-0.1, -0.05) is 60.7 Å². The number of nitrogens with zero attached hydrogens (tertiary/aromatic N) is 3. The third kappa shape index (κ3) is 4.62. The Bertz CT molecular complexity index is 1730. The van der Waals surface area contributed by atoms with Crippen molar-refractivity contribution in [3.63, 3.8) is 0 Å². The largest absolute Gasteiger partial charge is 0.392 e. The van der Waals surface area contributed by atoms with Crippen LogP contribution in [0.5, 0.6) is 0 Å². The van der Waals surface area contributed by atoms with E-state index >= 15 is 0 Å². The molecule has 1 saturated heterocycles. The molecule has 41 heavy (non-hydrogen) atoms. The molecule has 0 aliphatic carbocycles. The van der Waals surface area contributed by atoms with Gasteiger partial charge in [-0.3, -0.25) is 9.59 Å². The first-order valence-corrected chi connectivity index (χ1v) is 13.6. The summed E-state index contributed by atoms with van der Waals surface area (Å²) < 4.78 is 15.1. The number of imidazole rings is 1. The van der Waals surface area contributed by atoms with Gasteiger partial charge in [-0.15, -0.1) is 0 Å². The van der Waals surface area contributed by atoms with Crippen LogP contribution in [0.25, 0.3) is 11.0 Å². The van der Waals surface area contributed by atoms with Gasteiger partial charge in [0.2, 0.25) is 0 Å². The molecule has 2 aliphatic rings. The fourth-order valence-electron chi connectivity index (χ4n) is 5.64. The number of amides is 2. The SMILES string of the molecule is O=C1c2ccccc2C(=O)N1c1cccc([C@H]2O[C@@H](Cn3cnc4ccccc43)C[C@@H](c3ccc(CO)cc3)O2)c1. The average Bonchev–Trinajstić information content (AvgIpc) is 3.54. The molecular weight excluding hydrogens is 518 g/mol. The highest BCUT2D eigenvalue weighted by Crippen LogP contribution is 2.40. The Hall–Kier alpha value is -4.63. The number of aliphatic hydroxyl groups is 1. The van der Waals surface area contributed by atoms with E-state index < -0.39 is 6.29 Å². The molecule has 0 saturated carbocycles. The van der Waals surface area contributed by atoms with Gasteiger partial charge in [0.1, 0.15) is 0 Å². The topological polar surface area (TPSA) is 93.9 Å². The van der Waals surface area contributed by atoms with E-state index in [1.165, 1.54) is 4.90 Å². The van der Waals surface area contributed by atoms with Gasteiger partial charge in [0, 0.05) is 12.0 Å². The number of para-hydroxylation sites is 2. The molecular formula is C33H27N3O5. The van der Waals surface area contributed by atoms with Gasteiger partial charge in [-0.2, -0.15) is 0 Å². The zero-order chi connectivity index (χ0) is 27.9. The van der Waals surface area contributed by atoms with E-state index in [4.69, 9.17) is 9.47 Å². The second-order valence-corrected chi connectivity index (χ2v) is 10.3. The average molecular weight is 546 g/mol. The van der Waals surface area contributed by atoms with Crippen LogP contribution in [0.2, 0.25) is 0 Å². The van der Waals surface area contributed by atoms with Crippen LogP contribution in [0.15, 0.2) is 103 Å². The Morgan fingerprint density at radius 3 is 2.29 bits per heavy atom. The number of carbonyl (C=O) groups is 2. The molecule has 3 heterocycles. The van der Waals surface area contributed by atoms with Gasteiger partial charge in [-0.05, 0) is 47.5 Å². The van der Waals surface area contributed by atoms with Crippen LogP contribution in [0.4, 0.5) is 5.69 Å². The van der Waals surface area contributed by atoms with Gasteiger partial charge in [0.15, 0.2) is 6.29 Å². The Morgan fingerprint density at radius 1 is 0.805 bits per heavy atom. The highest BCUT2D eigenvalue weighted by Gasteiger charge is 2.37. The molecule has 2 amide bonds. The van der Waals surface area contributed by atoms with Crippen molar-refractivity contribution in [2.45, 2.75) is 38.1 Å². The lowest BCUT2D eigenvalue weighted by molar-refractivity contribution is -0.252. The molecule has 1 N–H and O–H groups in total. The summed E-state index contributed by atoms with van der Waals surface area (Å²) in [6, 6.07) is 29.8. The first-order valence-electron chi connectivity index (χ1n) is 13.6. The number of fused-ring (bicyclic) bond motifs is 2. The van der Waals surface area contributed by atoms with E-state index in [-0.39, 0.29) is 30.6 Å². The van der Waals surface area contributed by atoms with Gasteiger partial charge in [-0.25, -0.2) is 9.88 Å².